The van der Waals surface area contributed by atoms with Gasteiger partial charge in [-0.1, -0.05) is 18.2 Å². The minimum atomic E-state index is 0.111. The van der Waals surface area contributed by atoms with Gasteiger partial charge in [0, 0.05) is 17.1 Å². The molecule has 0 aliphatic rings. The molecule has 2 heteroatoms. The Bertz CT molecular complexity index is 315. The summed E-state index contributed by atoms with van der Waals surface area (Å²) in [6, 6.07) is 8.42. The fraction of sp³-hybridized carbons (Fsp3) is 0.538. The summed E-state index contributed by atoms with van der Waals surface area (Å²) in [5.41, 5.74) is 1.32. The van der Waals surface area contributed by atoms with Crippen LogP contribution in [-0.4, -0.2) is 12.6 Å². The Morgan fingerprint density at radius 1 is 1.20 bits per heavy atom. The molecule has 0 unspecified atom stereocenters. The van der Waals surface area contributed by atoms with Gasteiger partial charge in [-0.3, -0.25) is 0 Å². The standard InChI is InChI=1S/C13H21NO/c1-10(14-13(2,3)4)11-8-6-7-9-12(11)15-5/h6-10,14H,1-5H3/t10-/m1/s1. The molecule has 1 rings (SSSR count). The maximum absolute atomic E-state index is 5.34. The molecule has 0 aromatic heterocycles. The third-order valence-electron chi connectivity index (χ3n) is 2.25. The number of methoxy groups -OCH3 is 1. The van der Waals surface area contributed by atoms with Crippen molar-refractivity contribution in [3.63, 3.8) is 0 Å². The molecule has 0 heterocycles. The first-order chi connectivity index (χ1) is 6.94. The summed E-state index contributed by atoms with van der Waals surface area (Å²) in [6.45, 7) is 8.65. The first kappa shape index (κ1) is 12.1. The summed E-state index contributed by atoms with van der Waals surface area (Å²) in [7, 11) is 1.71. The van der Waals surface area contributed by atoms with E-state index in [1.54, 1.807) is 7.11 Å². The van der Waals surface area contributed by atoms with Crippen LogP contribution in [0.4, 0.5) is 0 Å². The number of hydrogen-bond donors (Lipinski definition) is 1. The number of hydrogen-bond acceptors (Lipinski definition) is 2. The van der Waals surface area contributed by atoms with Crippen LogP contribution in [0.5, 0.6) is 5.75 Å². The predicted octanol–water partition coefficient (Wildman–Crippen LogP) is 3.14. The van der Waals surface area contributed by atoms with Gasteiger partial charge in [0.25, 0.3) is 0 Å². The SMILES string of the molecule is COc1ccccc1[C@@H](C)NC(C)(C)C. The Kier molecular flexibility index (Phi) is 3.75. The highest BCUT2D eigenvalue weighted by atomic mass is 16.5. The van der Waals surface area contributed by atoms with Gasteiger partial charge in [-0.2, -0.15) is 0 Å². The molecule has 1 aromatic rings. The van der Waals surface area contributed by atoms with Gasteiger partial charge in [-0.05, 0) is 33.8 Å². The van der Waals surface area contributed by atoms with Crippen LogP contribution < -0.4 is 10.1 Å². The molecule has 0 radical (unpaired) electrons. The van der Waals surface area contributed by atoms with Crippen molar-refractivity contribution in [2.45, 2.75) is 39.3 Å². The van der Waals surface area contributed by atoms with Crippen molar-refractivity contribution in [3.05, 3.63) is 29.8 Å². The lowest BCUT2D eigenvalue weighted by atomic mass is 10.0. The molecule has 15 heavy (non-hydrogen) atoms. The Balaban J connectivity index is 2.86. The zero-order valence-corrected chi connectivity index (χ0v) is 10.3. The maximum Gasteiger partial charge on any atom is 0.123 e. The van der Waals surface area contributed by atoms with E-state index in [4.69, 9.17) is 4.74 Å². The van der Waals surface area contributed by atoms with Gasteiger partial charge >= 0.3 is 0 Å². The van der Waals surface area contributed by atoms with Crippen molar-refractivity contribution in [2.75, 3.05) is 7.11 Å². The molecule has 0 saturated heterocycles. The molecule has 84 valence electrons. The molecule has 0 saturated carbocycles. The topological polar surface area (TPSA) is 21.3 Å². The quantitative estimate of drug-likeness (QED) is 0.822. The first-order valence-electron chi connectivity index (χ1n) is 5.34. The highest BCUT2D eigenvalue weighted by Gasteiger charge is 2.17. The van der Waals surface area contributed by atoms with Gasteiger partial charge in [-0.15, -0.1) is 0 Å². The fourth-order valence-electron chi connectivity index (χ4n) is 1.75. The van der Waals surface area contributed by atoms with Crippen LogP contribution in [0.25, 0.3) is 0 Å². The van der Waals surface area contributed by atoms with Gasteiger partial charge in [0.1, 0.15) is 5.75 Å². The molecule has 1 N–H and O–H groups in total. The second-order valence-corrected chi connectivity index (χ2v) is 4.86. The number of ether oxygens (including phenoxy) is 1. The Hall–Kier alpha value is -1.02. The van der Waals surface area contributed by atoms with Crippen LogP contribution in [0, 0.1) is 0 Å². The van der Waals surface area contributed by atoms with Crippen molar-refractivity contribution in [3.8, 4) is 5.75 Å². The molecular weight excluding hydrogens is 186 g/mol. The molecule has 2 nitrogen and oxygen atoms in total. The van der Waals surface area contributed by atoms with Crippen molar-refractivity contribution < 1.29 is 4.74 Å². The summed E-state index contributed by atoms with van der Waals surface area (Å²) in [5.74, 6) is 0.946. The van der Waals surface area contributed by atoms with Crippen LogP contribution in [0.1, 0.15) is 39.3 Å². The smallest absolute Gasteiger partial charge is 0.123 e. The normalized spacial score (nSPS) is 13.7. The largest absolute Gasteiger partial charge is 0.496 e. The van der Waals surface area contributed by atoms with E-state index in [2.05, 4.69) is 39.1 Å². The molecule has 0 fully saturated rings. The second-order valence-electron chi connectivity index (χ2n) is 4.86. The second kappa shape index (κ2) is 4.67. The summed E-state index contributed by atoms with van der Waals surface area (Å²) >= 11 is 0. The van der Waals surface area contributed by atoms with Crippen LogP contribution in [-0.2, 0) is 0 Å². The molecular formula is C13H21NO. The van der Waals surface area contributed by atoms with E-state index in [0.29, 0.717) is 6.04 Å². The molecule has 0 spiro atoms. The number of para-hydroxylation sites is 1. The molecule has 0 aliphatic heterocycles. The van der Waals surface area contributed by atoms with Gasteiger partial charge in [0.2, 0.25) is 0 Å². The van der Waals surface area contributed by atoms with E-state index in [1.165, 1.54) is 5.56 Å². The lowest BCUT2D eigenvalue weighted by Gasteiger charge is -2.27. The van der Waals surface area contributed by atoms with E-state index < -0.39 is 0 Å². The van der Waals surface area contributed by atoms with Crippen molar-refractivity contribution in [1.82, 2.24) is 5.32 Å². The van der Waals surface area contributed by atoms with Gasteiger partial charge in [-0.25, -0.2) is 0 Å². The maximum atomic E-state index is 5.34. The monoisotopic (exact) mass is 207 g/mol. The van der Waals surface area contributed by atoms with Gasteiger partial charge in [0.05, 0.1) is 7.11 Å². The molecule has 0 amide bonds. The van der Waals surface area contributed by atoms with Crippen molar-refractivity contribution >= 4 is 0 Å². The first-order valence-corrected chi connectivity index (χ1v) is 5.34. The minimum absolute atomic E-state index is 0.111. The third kappa shape index (κ3) is 3.56. The molecule has 0 aliphatic carbocycles. The highest BCUT2D eigenvalue weighted by molar-refractivity contribution is 5.35. The Labute approximate surface area is 92.6 Å². The van der Waals surface area contributed by atoms with Crippen molar-refractivity contribution in [1.29, 1.82) is 0 Å². The lowest BCUT2D eigenvalue weighted by molar-refractivity contribution is 0.360. The lowest BCUT2D eigenvalue weighted by Crippen LogP contribution is -2.37. The van der Waals surface area contributed by atoms with E-state index in [1.807, 2.05) is 18.2 Å². The Morgan fingerprint density at radius 3 is 2.33 bits per heavy atom. The van der Waals surface area contributed by atoms with E-state index in [-0.39, 0.29) is 5.54 Å². The van der Waals surface area contributed by atoms with Crippen LogP contribution in [0.3, 0.4) is 0 Å². The average molecular weight is 207 g/mol. The molecule has 1 aromatic carbocycles. The average Bonchev–Trinajstić information content (AvgIpc) is 2.15. The van der Waals surface area contributed by atoms with E-state index in [0.717, 1.165) is 5.75 Å². The van der Waals surface area contributed by atoms with Gasteiger partial charge < -0.3 is 10.1 Å². The number of nitrogens with one attached hydrogen (secondary N) is 1. The van der Waals surface area contributed by atoms with Gasteiger partial charge in [0.15, 0.2) is 0 Å². The number of rotatable bonds is 3. The Morgan fingerprint density at radius 2 is 1.80 bits per heavy atom. The number of benzene rings is 1. The van der Waals surface area contributed by atoms with E-state index in [9.17, 15) is 0 Å². The van der Waals surface area contributed by atoms with Crippen LogP contribution >= 0.6 is 0 Å². The van der Waals surface area contributed by atoms with Crippen LogP contribution in [0.15, 0.2) is 24.3 Å². The minimum Gasteiger partial charge on any atom is -0.496 e. The third-order valence-corrected chi connectivity index (χ3v) is 2.25. The summed E-state index contributed by atoms with van der Waals surface area (Å²) in [5, 5.41) is 3.53. The van der Waals surface area contributed by atoms with Crippen LogP contribution in [0.2, 0.25) is 0 Å². The summed E-state index contributed by atoms with van der Waals surface area (Å²) in [6.07, 6.45) is 0. The fourth-order valence-corrected chi connectivity index (χ4v) is 1.75. The van der Waals surface area contributed by atoms with Crippen molar-refractivity contribution in [2.24, 2.45) is 0 Å². The summed E-state index contributed by atoms with van der Waals surface area (Å²) < 4.78 is 5.34. The predicted molar refractivity (Wildman–Crippen MR) is 64.3 cm³/mol. The zero-order chi connectivity index (χ0) is 11.5. The van der Waals surface area contributed by atoms with E-state index >= 15 is 0 Å². The zero-order valence-electron chi connectivity index (χ0n) is 10.3. The summed E-state index contributed by atoms with van der Waals surface area (Å²) in [4.78, 5) is 0. The molecule has 0 bridgehead atoms. The highest BCUT2D eigenvalue weighted by Crippen LogP contribution is 2.25. The molecule has 1 atom stereocenters.